The molecule has 2 atom stereocenters. The van der Waals surface area contributed by atoms with Crippen molar-refractivity contribution in [3.63, 3.8) is 0 Å². The average molecular weight is 423 g/mol. The number of ether oxygens (including phenoxy) is 1. The van der Waals surface area contributed by atoms with Crippen LogP contribution >= 0.6 is 0 Å². The number of allylic oxidation sites excluding steroid dienone is 1. The molecule has 1 aliphatic rings. The lowest BCUT2D eigenvalue weighted by molar-refractivity contribution is 0.0867. The van der Waals surface area contributed by atoms with Crippen molar-refractivity contribution in [3.8, 4) is 5.75 Å². The van der Waals surface area contributed by atoms with Gasteiger partial charge in [-0.05, 0) is 56.9 Å². The molecule has 0 aliphatic heterocycles. The number of carbonyl (C=O) groups is 1. The second-order valence-corrected chi connectivity index (χ2v) is 8.03. The Kier molecular flexibility index (Phi) is 5.78. The number of imidazole rings is 1. The van der Waals surface area contributed by atoms with Gasteiger partial charge in [0.05, 0.1) is 17.8 Å². The van der Waals surface area contributed by atoms with Gasteiger partial charge in [0.15, 0.2) is 11.4 Å². The summed E-state index contributed by atoms with van der Waals surface area (Å²) in [5.41, 5.74) is 3.31. The van der Waals surface area contributed by atoms with Crippen molar-refractivity contribution in [2.75, 3.05) is 0 Å². The number of aromatic nitrogens is 2. The van der Waals surface area contributed by atoms with Gasteiger partial charge in [0.1, 0.15) is 18.1 Å². The van der Waals surface area contributed by atoms with Gasteiger partial charge in [-0.15, -0.1) is 0 Å². The van der Waals surface area contributed by atoms with Crippen molar-refractivity contribution in [3.05, 3.63) is 71.4 Å². The van der Waals surface area contributed by atoms with Gasteiger partial charge < -0.3 is 15.2 Å². The van der Waals surface area contributed by atoms with Crippen LogP contribution < -0.4 is 10.1 Å². The molecule has 3 aromatic rings. The molecule has 1 saturated carbocycles. The fourth-order valence-corrected chi connectivity index (χ4v) is 4.14. The summed E-state index contributed by atoms with van der Waals surface area (Å²) >= 11 is 0. The number of amides is 1. The molecule has 1 amide bonds. The van der Waals surface area contributed by atoms with Gasteiger partial charge in [0, 0.05) is 11.8 Å². The van der Waals surface area contributed by atoms with Crippen LogP contribution in [0.3, 0.4) is 0 Å². The van der Waals surface area contributed by atoms with E-state index in [2.05, 4.69) is 16.9 Å². The number of rotatable bonds is 6. The third-order valence-electron chi connectivity index (χ3n) is 5.75. The summed E-state index contributed by atoms with van der Waals surface area (Å²) in [5, 5.41) is 12.9. The number of halogens is 1. The minimum atomic E-state index is -0.523. The van der Waals surface area contributed by atoms with Gasteiger partial charge >= 0.3 is 0 Å². The second kappa shape index (κ2) is 8.51. The van der Waals surface area contributed by atoms with Crippen molar-refractivity contribution in [2.45, 2.75) is 51.9 Å². The quantitative estimate of drug-likeness (QED) is 0.628. The van der Waals surface area contributed by atoms with Crippen LogP contribution in [0.4, 0.5) is 4.39 Å². The fraction of sp³-hybridized carbons (Fsp3) is 0.333. The maximum absolute atomic E-state index is 14.4. The van der Waals surface area contributed by atoms with E-state index in [0.29, 0.717) is 40.3 Å². The molecule has 2 N–H and O–H groups in total. The number of aliphatic hydroxyl groups excluding tert-OH is 1. The third kappa shape index (κ3) is 4.05. The third-order valence-corrected chi connectivity index (χ3v) is 5.75. The zero-order valence-corrected chi connectivity index (χ0v) is 17.7. The Hall–Kier alpha value is -3.19. The van der Waals surface area contributed by atoms with E-state index in [4.69, 9.17) is 4.74 Å². The molecule has 2 aromatic heterocycles. The zero-order valence-electron chi connectivity index (χ0n) is 17.7. The highest BCUT2D eigenvalue weighted by Crippen LogP contribution is 2.26. The van der Waals surface area contributed by atoms with Gasteiger partial charge in [-0.1, -0.05) is 24.3 Å². The monoisotopic (exact) mass is 423 g/mol. The summed E-state index contributed by atoms with van der Waals surface area (Å²) in [5.74, 6) is -0.199. The smallest absolute Gasteiger partial charge is 0.270 e. The molecular weight excluding hydrogens is 397 g/mol. The number of hydrogen-bond donors (Lipinski definition) is 2. The van der Waals surface area contributed by atoms with Crippen LogP contribution in [0, 0.1) is 12.7 Å². The molecule has 2 unspecified atom stereocenters. The van der Waals surface area contributed by atoms with E-state index in [1.54, 1.807) is 35.7 Å². The predicted octanol–water partition coefficient (Wildman–Crippen LogP) is 4.04. The Balaban J connectivity index is 1.62. The molecule has 31 heavy (non-hydrogen) atoms. The summed E-state index contributed by atoms with van der Waals surface area (Å²) in [6.07, 6.45) is 3.55. The van der Waals surface area contributed by atoms with Gasteiger partial charge in [-0.25, -0.2) is 9.37 Å². The number of nitrogens with one attached hydrogen (secondary N) is 1. The fourth-order valence-electron chi connectivity index (χ4n) is 4.14. The lowest BCUT2D eigenvalue weighted by Crippen LogP contribution is -2.40. The standard InChI is InChI=1S/C24H26FN3O3/c1-14(2)16-7-4-8-18(25)17(16)13-31-21-11-6-12-28-22(15(3)26-23(21)28)24(30)27-19-9-5-10-20(19)29/h4,6-8,11-12,19-20,29H,1,5,9-10,13H2,2-3H3,(H,27,30). The average Bonchev–Trinajstić information content (AvgIpc) is 3.28. The molecule has 0 radical (unpaired) electrons. The van der Waals surface area contributed by atoms with Crippen LogP contribution in [0.5, 0.6) is 5.75 Å². The summed E-state index contributed by atoms with van der Waals surface area (Å²) in [7, 11) is 0. The molecule has 7 heteroatoms. The Bertz CT molecular complexity index is 1150. The molecule has 2 heterocycles. The summed E-state index contributed by atoms with van der Waals surface area (Å²) < 4.78 is 22.0. The molecule has 0 spiro atoms. The van der Waals surface area contributed by atoms with Crippen LogP contribution in [-0.4, -0.2) is 32.5 Å². The van der Waals surface area contributed by atoms with Gasteiger partial charge in [-0.2, -0.15) is 0 Å². The number of aryl methyl sites for hydroxylation is 1. The van der Waals surface area contributed by atoms with Gasteiger partial charge in [0.25, 0.3) is 5.91 Å². The highest BCUT2D eigenvalue weighted by Gasteiger charge is 2.29. The van der Waals surface area contributed by atoms with Crippen molar-refractivity contribution in [1.29, 1.82) is 0 Å². The largest absolute Gasteiger partial charge is 0.485 e. The maximum Gasteiger partial charge on any atom is 0.270 e. The van der Waals surface area contributed by atoms with Crippen molar-refractivity contribution < 1.29 is 19.0 Å². The number of pyridine rings is 1. The van der Waals surface area contributed by atoms with E-state index >= 15 is 0 Å². The van der Waals surface area contributed by atoms with E-state index in [1.165, 1.54) is 6.07 Å². The maximum atomic E-state index is 14.4. The topological polar surface area (TPSA) is 75.9 Å². The Morgan fingerprint density at radius 2 is 2.16 bits per heavy atom. The van der Waals surface area contributed by atoms with Crippen molar-refractivity contribution in [1.82, 2.24) is 14.7 Å². The molecule has 0 saturated heterocycles. The molecule has 1 aromatic carbocycles. The first-order valence-corrected chi connectivity index (χ1v) is 10.4. The number of fused-ring (bicyclic) bond motifs is 1. The first-order chi connectivity index (χ1) is 14.9. The SMILES string of the molecule is C=C(C)c1cccc(F)c1COc1cccn2c(C(=O)NC3CCCC3O)c(C)nc12. The highest BCUT2D eigenvalue weighted by atomic mass is 19.1. The molecule has 1 fully saturated rings. The second-order valence-electron chi connectivity index (χ2n) is 8.03. The highest BCUT2D eigenvalue weighted by molar-refractivity contribution is 5.95. The van der Waals surface area contributed by atoms with Crippen molar-refractivity contribution in [2.24, 2.45) is 0 Å². The lowest BCUT2D eigenvalue weighted by Gasteiger charge is -2.16. The molecule has 4 rings (SSSR count). The van der Waals surface area contributed by atoms with Gasteiger partial charge in [-0.3, -0.25) is 9.20 Å². The summed E-state index contributed by atoms with van der Waals surface area (Å²) in [4.78, 5) is 17.4. The molecule has 6 nitrogen and oxygen atoms in total. The number of aliphatic hydroxyl groups is 1. The first kappa shape index (κ1) is 21.1. The first-order valence-electron chi connectivity index (χ1n) is 10.4. The van der Waals surface area contributed by atoms with Crippen LogP contribution in [-0.2, 0) is 6.61 Å². The Morgan fingerprint density at radius 1 is 1.35 bits per heavy atom. The summed E-state index contributed by atoms with van der Waals surface area (Å²) in [6, 6.07) is 8.10. The number of carbonyl (C=O) groups excluding carboxylic acids is 1. The molecule has 0 bridgehead atoms. The van der Waals surface area contributed by atoms with E-state index in [-0.39, 0.29) is 24.4 Å². The Morgan fingerprint density at radius 3 is 2.87 bits per heavy atom. The van der Waals surface area contributed by atoms with E-state index < -0.39 is 6.10 Å². The summed E-state index contributed by atoms with van der Waals surface area (Å²) in [6.45, 7) is 7.50. The van der Waals surface area contributed by atoms with E-state index in [1.807, 2.05) is 13.0 Å². The lowest BCUT2D eigenvalue weighted by atomic mass is 10.0. The van der Waals surface area contributed by atoms with Crippen LogP contribution in [0.25, 0.3) is 11.2 Å². The van der Waals surface area contributed by atoms with Crippen molar-refractivity contribution >= 4 is 17.1 Å². The Labute approximate surface area is 180 Å². The van der Waals surface area contributed by atoms with E-state index in [9.17, 15) is 14.3 Å². The van der Waals surface area contributed by atoms with Crippen LogP contribution in [0.2, 0.25) is 0 Å². The molecule has 162 valence electrons. The van der Waals surface area contributed by atoms with Crippen LogP contribution in [0.1, 0.15) is 53.5 Å². The molecule has 1 aliphatic carbocycles. The normalized spacial score (nSPS) is 18.3. The number of hydrogen-bond acceptors (Lipinski definition) is 4. The van der Waals surface area contributed by atoms with Gasteiger partial charge in [0.2, 0.25) is 0 Å². The minimum Gasteiger partial charge on any atom is -0.485 e. The van der Waals surface area contributed by atoms with E-state index in [0.717, 1.165) is 18.4 Å². The zero-order chi connectivity index (χ0) is 22.1. The number of nitrogens with zero attached hydrogens (tertiary/aromatic N) is 2. The van der Waals surface area contributed by atoms with Crippen LogP contribution in [0.15, 0.2) is 43.1 Å². The number of benzene rings is 1. The predicted molar refractivity (Wildman–Crippen MR) is 116 cm³/mol. The minimum absolute atomic E-state index is 0.0102. The molecular formula is C24H26FN3O3.